The van der Waals surface area contributed by atoms with E-state index in [4.69, 9.17) is 9.84 Å². The van der Waals surface area contributed by atoms with Gasteiger partial charge in [0.15, 0.2) is 0 Å². The second kappa shape index (κ2) is 9.37. The maximum atomic E-state index is 13.1. The smallest absolute Gasteiger partial charge is 0.405 e. The average Bonchev–Trinajstić information content (AvgIpc) is 2.74. The Kier molecular flexibility index (Phi) is 6.65. The number of hydrogen-bond donors (Lipinski definition) is 3. The van der Waals surface area contributed by atoms with Gasteiger partial charge in [-0.25, -0.2) is 9.18 Å². The van der Waals surface area contributed by atoms with E-state index in [-0.39, 0.29) is 38.3 Å². The van der Waals surface area contributed by atoms with Gasteiger partial charge in [0.25, 0.3) is 0 Å². The molecular formula is C22H22FN3O4. The van der Waals surface area contributed by atoms with Crippen molar-refractivity contribution < 1.29 is 23.8 Å². The minimum absolute atomic E-state index is 0.204. The molecule has 1 heterocycles. The molecule has 1 aliphatic heterocycles. The van der Waals surface area contributed by atoms with E-state index in [1.807, 2.05) is 24.3 Å². The van der Waals surface area contributed by atoms with Crippen LogP contribution in [0.2, 0.25) is 0 Å². The molecule has 2 aromatic carbocycles. The molecule has 1 aliphatic rings. The summed E-state index contributed by atoms with van der Waals surface area (Å²) in [5.74, 6) is -0.828. The van der Waals surface area contributed by atoms with Gasteiger partial charge in [-0.2, -0.15) is 5.26 Å². The molecule has 0 aromatic heterocycles. The number of carbonyl (C=O) groups is 2. The van der Waals surface area contributed by atoms with Gasteiger partial charge in [0.1, 0.15) is 17.4 Å². The summed E-state index contributed by atoms with van der Waals surface area (Å²) in [6.45, 7) is 0.519. The summed E-state index contributed by atoms with van der Waals surface area (Å²) in [5, 5.41) is 23.6. The lowest BCUT2D eigenvalue weighted by molar-refractivity contribution is -0.131. The first-order valence-corrected chi connectivity index (χ1v) is 9.56. The molecule has 0 saturated carbocycles. The van der Waals surface area contributed by atoms with Crippen LogP contribution in [-0.4, -0.2) is 41.9 Å². The van der Waals surface area contributed by atoms with Crippen molar-refractivity contribution in [3.8, 4) is 17.2 Å². The molecule has 3 N–H and O–H groups in total. The van der Waals surface area contributed by atoms with Crippen LogP contribution in [0.4, 0.5) is 9.18 Å². The van der Waals surface area contributed by atoms with Crippen LogP contribution in [0.3, 0.4) is 0 Å². The van der Waals surface area contributed by atoms with E-state index < -0.39 is 23.6 Å². The van der Waals surface area contributed by atoms with Crippen molar-refractivity contribution in [2.24, 2.45) is 0 Å². The monoisotopic (exact) mass is 411 g/mol. The second-order valence-corrected chi connectivity index (χ2v) is 7.19. The van der Waals surface area contributed by atoms with Crippen LogP contribution in [0.1, 0.15) is 18.4 Å². The van der Waals surface area contributed by atoms with Gasteiger partial charge in [-0.3, -0.25) is 4.79 Å². The summed E-state index contributed by atoms with van der Waals surface area (Å²) in [6, 6.07) is 14.8. The third-order valence-electron chi connectivity index (χ3n) is 5.16. The van der Waals surface area contributed by atoms with Gasteiger partial charge in [-0.05, 0) is 28.8 Å². The molecule has 1 fully saturated rings. The highest BCUT2D eigenvalue weighted by molar-refractivity contribution is 5.90. The molecule has 0 aliphatic carbocycles. The van der Waals surface area contributed by atoms with Gasteiger partial charge in [-0.15, -0.1) is 0 Å². The maximum absolute atomic E-state index is 13.1. The van der Waals surface area contributed by atoms with Gasteiger partial charge >= 0.3 is 6.09 Å². The van der Waals surface area contributed by atoms with E-state index in [0.29, 0.717) is 0 Å². The number of rotatable bonds is 6. The quantitative estimate of drug-likeness (QED) is 0.677. The van der Waals surface area contributed by atoms with Gasteiger partial charge in [0.05, 0.1) is 6.07 Å². The summed E-state index contributed by atoms with van der Waals surface area (Å²) >= 11 is 0. The highest BCUT2D eigenvalue weighted by atomic mass is 19.1. The minimum Gasteiger partial charge on any atom is -0.465 e. The number of nitrogens with zero attached hydrogens (tertiary/aromatic N) is 1. The molecular weight excluding hydrogens is 389 g/mol. The van der Waals surface area contributed by atoms with Gasteiger partial charge in [0.2, 0.25) is 5.91 Å². The predicted octanol–water partition coefficient (Wildman–Crippen LogP) is 2.86. The van der Waals surface area contributed by atoms with Crippen LogP contribution >= 0.6 is 0 Å². The molecule has 1 atom stereocenters. The summed E-state index contributed by atoms with van der Waals surface area (Å²) in [5.41, 5.74) is 1.31. The van der Waals surface area contributed by atoms with Crippen LogP contribution in [0, 0.1) is 17.1 Å². The van der Waals surface area contributed by atoms with E-state index in [0.717, 1.165) is 16.7 Å². The first-order chi connectivity index (χ1) is 14.4. The van der Waals surface area contributed by atoms with E-state index >= 15 is 0 Å². The molecule has 0 radical (unpaired) electrons. The second-order valence-electron chi connectivity index (χ2n) is 7.19. The fraction of sp³-hybridized carbons (Fsp3) is 0.318. The van der Waals surface area contributed by atoms with Crippen molar-refractivity contribution in [1.82, 2.24) is 10.6 Å². The number of benzene rings is 2. The number of nitriles is 1. The Morgan fingerprint density at radius 3 is 2.20 bits per heavy atom. The highest BCUT2D eigenvalue weighted by Crippen LogP contribution is 2.23. The van der Waals surface area contributed by atoms with Crippen LogP contribution in [0.5, 0.6) is 0 Å². The molecule has 30 heavy (non-hydrogen) atoms. The molecule has 2 amide bonds. The molecule has 7 nitrogen and oxygen atoms in total. The van der Waals surface area contributed by atoms with Crippen molar-refractivity contribution in [2.45, 2.75) is 30.8 Å². The number of hydrogen-bond acceptors (Lipinski definition) is 4. The minimum atomic E-state index is -1.30. The number of halogens is 1. The molecule has 1 saturated heterocycles. The molecule has 156 valence electrons. The van der Waals surface area contributed by atoms with E-state index in [9.17, 15) is 19.2 Å². The topological polar surface area (TPSA) is 111 Å². The Balaban J connectivity index is 1.67. The van der Waals surface area contributed by atoms with Crippen LogP contribution < -0.4 is 10.6 Å². The SMILES string of the molecule is N#CC(Cc1ccc(-c2ccc(F)cc2)cc1)NC(=O)C1(NC(=O)O)CCOCC1. The Morgan fingerprint density at radius 1 is 1.10 bits per heavy atom. The maximum Gasteiger partial charge on any atom is 0.405 e. The van der Waals surface area contributed by atoms with Gasteiger partial charge in [0, 0.05) is 32.5 Å². The van der Waals surface area contributed by atoms with E-state index in [1.54, 1.807) is 12.1 Å². The standard InChI is InChI=1S/C22H22FN3O4/c23-18-7-5-17(6-8-18)16-3-1-15(2-4-16)13-19(14-24)25-20(27)22(26-21(28)29)9-11-30-12-10-22/h1-8,19,26H,9-13H2,(H,25,27)(H,28,29). The van der Waals surface area contributed by atoms with Gasteiger partial charge < -0.3 is 20.5 Å². The number of carboxylic acid groups (broad SMARTS) is 1. The third-order valence-corrected chi connectivity index (χ3v) is 5.16. The lowest BCUT2D eigenvalue weighted by atomic mass is 9.88. The molecule has 8 heteroatoms. The van der Waals surface area contributed by atoms with Crippen molar-refractivity contribution in [2.75, 3.05) is 13.2 Å². The van der Waals surface area contributed by atoms with Crippen molar-refractivity contribution in [1.29, 1.82) is 5.26 Å². The Labute approximate surface area is 173 Å². The largest absolute Gasteiger partial charge is 0.465 e. The first kappa shape index (κ1) is 21.3. The molecule has 0 spiro atoms. The number of carbonyl (C=O) groups excluding carboxylic acids is 1. The first-order valence-electron chi connectivity index (χ1n) is 9.56. The van der Waals surface area contributed by atoms with E-state index in [2.05, 4.69) is 16.7 Å². The van der Waals surface area contributed by atoms with Crippen molar-refractivity contribution in [3.63, 3.8) is 0 Å². The Hall–Kier alpha value is -3.44. The average molecular weight is 411 g/mol. The zero-order valence-electron chi connectivity index (χ0n) is 16.2. The number of amides is 2. The van der Waals surface area contributed by atoms with Gasteiger partial charge in [-0.1, -0.05) is 36.4 Å². The normalized spacial score (nSPS) is 16.1. The molecule has 3 rings (SSSR count). The highest BCUT2D eigenvalue weighted by Gasteiger charge is 2.42. The van der Waals surface area contributed by atoms with Crippen LogP contribution in [-0.2, 0) is 16.0 Å². The van der Waals surface area contributed by atoms with Crippen molar-refractivity contribution >= 4 is 12.0 Å². The molecule has 2 aromatic rings. The zero-order valence-corrected chi connectivity index (χ0v) is 16.2. The Morgan fingerprint density at radius 2 is 1.67 bits per heavy atom. The summed E-state index contributed by atoms with van der Waals surface area (Å²) < 4.78 is 18.3. The van der Waals surface area contributed by atoms with Crippen molar-refractivity contribution in [3.05, 3.63) is 59.9 Å². The third kappa shape index (κ3) is 5.13. The van der Waals surface area contributed by atoms with E-state index in [1.165, 1.54) is 12.1 Å². The lowest BCUT2D eigenvalue weighted by Crippen LogP contribution is -2.62. The summed E-state index contributed by atoms with van der Waals surface area (Å²) in [4.78, 5) is 24.0. The molecule has 1 unspecified atom stereocenters. The van der Waals surface area contributed by atoms with Crippen LogP contribution in [0.25, 0.3) is 11.1 Å². The fourth-order valence-electron chi connectivity index (χ4n) is 3.47. The fourth-order valence-corrected chi connectivity index (χ4v) is 3.47. The Bertz CT molecular complexity index is 932. The number of nitrogens with one attached hydrogen (secondary N) is 2. The zero-order chi connectivity index (χ0) is 21.6. The predicted molar refractivity (Wildman–Crippen MR) is 107 cm³/mol. The lowest BCUT2D eigenvalue weighted by Gasteiger charge is -2.36. The van der Waals surface area contributed by atoms with Crippen LogP contribution in [0.15, 0.2) is 48.5 Å². The molecule has 0 bridgehead atoms. The number of ether oxygens (including phenoxy) is 1. The summed E-state index contributed by atoms with van der Waals surface area (Å²) in [7, 11) is 0. The summed E-state index contributed by atoms with van der Waals surface area (Å²) in [6.07, 6.45) is -0.617.